The Bertz CT molecular complexity index is 1560. The van der Waals surface area contributed by atoms with Gasteiger partial charge in [0.1, 0.15) is 5.75 Å². The summed E-state index contributed by atoms with van der Waals surface area (Å²) in [5.74, 6) is 0.375. The Balaban J connectivity index is 1.76. The van der Waals surface area contributed by atoms with Gasteiger partial charge in [0.15, 0.2) is 0 Å². The lowest BCUT2D eigenvalue weighted by Crippen LogP contribution is -2.11. The molecule has 1 amide bonds. The van der Waals surface area contributed by atoms with E-state index < -0.39 is 5.91 Å². The molecule has 0 radical (unpaired) electrons. The highest BCUT2D eigenvalue weighted by molar-refractivity contribution is 6.36. The van der Waals surface area contributed by atoms with Gasteiger partial charge in [0, 0.05) is 38.5 Å². The number of nitrogens with zero attached hydrogens (tertiary/aromatic N) is 1. The minimum absolute atomic E-state index is 0.451. The first-order valence-corrected chi connectivity index (χ1v) is 11.7. The van der Waals surface area contributed by atoms with Gasteiger partial charge < -0.3 is 15.0 Å². The molecule has 170 valence electrons. The predicted octanol–water partition coefficient (Wildman–Crippen LogP) is 7.31. The van der Waals surface area contributed by atoms with Crippen LogP contribution in [0.4, 0.5) is 0 Å². The fraction of sp³-hybridized carbons (Fsp3) is 0.107. The Kier molecular flexibility index (Phi) is 5.94. The highest BCUT2D eigenvalue weighted by Gasteiger charge is 2.18. The van der Waals surface area contributed by atoms with Gasteiger partial charge in [-0.15, -0.1) is 0 Å². The molecule has 34 heavy (non-hydrogen) atoms. The predicted molar refractivity (Wildman–Crippen MR) is 140 cm³/mol. The molecule has 2 N–H and O–H groups in total. The molecule has 5 rings (SSSR count). The molecule has 1 aromatic heterocycles. The van der Waals surface area contributed by atoms with Crippen molar-refractivity contribution < 1.29 is 9.53 Å². The number of ether oxygens (including phenoxy) is 1. The molecule has 4 nitrogen and oxygen atoms in total. The van der Waals surface area contributed by atoms with Gasteiger partial charge in [-0.2, -0.15) is 0 Å². The maximum absolute atomic E-state index is 12.3. The molecule has 0 saturated heterocycles. The first-order valence-electron chi connectivity index (χ1n) is 11.0. The van der Waals surface area contributed by atoms with Gasteiger partial charge in [0.2, 0.25) is 5.91 Å². The molecule has 0 aliphatic carbocycles. The summed E-state index contributed by atoms with van der Waals surface area (Å²) < 4.78 is 7.90. The van der Waals surface area contributed by atoms with E-state index in [4.69, 9.17) is 33.7 Å². The second-order valence-electron chi connectivity index (χ2n) is 8.09. The minimum Gasteiger partial charge on any atom is -0.494 e. The molecule has 0 spiro atoms. The van der Waals surface area contributed by atoms with Crippen molar-refractivity contribution >= 4 is 50.9 Å². The number of hydrogen-bond acceptors (Lipinski definition) is 2. The molecule has 0 atom stereocenters. The van der Waals surface area contributed by atoms with E-state index in [0.717, 1.165) is 44.2 Å². The maximum atomic E-state index is 12.3. The quantitative estimate of drug-likeness (QED) is 0.272. The van der Waals surface area contributed by atoms with E-state index in [-0.39, 0.29) is 0 Å². The molecule has 5 aromatic rings. The number of carbonyl (C=O) groups is 1. The first-order chi connectivity index (χ1) is 16.5. The van der Waals surface area contributed by atoms with E-state index in [2.05, 4.69) is 16.7 Å². The van der Waals surface area contributed by atoms with Crippen LogP contribution < -0.4 is 10.5 Å². The molecule has 0 saturated carbocycles. The summed E-state index contributed by atoms with van der Waals surface area (Å²) >= 11 is 12.6. The molecule has 6 heteroatoms. The third kappa shape index (κ3) is 4.00. The first kappa shape index (κ1) is 22.3. The largest absolute Gasteiger partial charge is 0.494 e. The summed E-state index contributed by atoms with van der Waals surface area (Å²) in [7, 11) is 0. The van der Waals surface area contributed by atoms with E-state index in [1.807, 2.05) is 61.5 Å². The molecule has 0 bridgehead atoms. The molecular formula is C28H22Cl2N2O2. The van der Waals surface area contributed by atoms with E-state index in [1.54, 1.807) is 12.1 Å². The van der Waals surface area contributed by atoms with E-state index in [0.29, 0.717) is 28.8 Å². The number of fused-ring (bicyclic) bond motifs is 3. The van der Waals surface area contributed by atoms with Crippen LogP contribution in [0.5, 0.6) is 5.75 Å². The summed E-state index contributed by atoms with van der Waals surface area (Å²) in [5, 5.41) is 2.97. The fourth-order valence-corrected chi connectivity index (χ4v) is 5.01. The molecule has 0 unspecified atom stereocenters. The van der Waals surface area contributed by atoms with Crippen LogP contribution in [0.15, 0.2) is 78.9 Å². The number of aromatic nitrogens is 1. The highest BCUT2D eigenvalue weighted by Crippen LogP contribution is 2.37. The lowest BCUT2D eigenvalue weighted by atomic mass is 10.0. The third-order valence-corrected chi connectivity index (χ3v) is 6.50. The second-order valence-corrected chi connectivity index (χ2v) is 8.93. The van der Waals surface area contributed by atoms with E-state index >= 15 is 0 Å². The summed E-state index contributed by atoms with van der Waals surface area (Å²) in [6.07, 6.45) is 0. The molecule has 0 fully saturated rings. The zero-order valence-electron chi connectivity index (χ0n) is 18.5. The number of carbonyl (C=O) groups excluding carboxylic acids is 1. The van der Waals surface area contributed by atoms with Crippen molar-refractivity contribution in [2.24, 2.45) is 5.73 Å². The number of halogens is 2. The van der Waals surface area contributed by atoms with Gasteiger partial charge in [-0.1, -0.05) is 59.6 Å². The van der Waals surface area contributed by atoms with Crippen molar-refractivity contribution in [3.05, 3.63) is 100 Å². The number of benzene rings is 4. The van der Waals surface area contributed by atoms with Gasteiger partial charge in [0.05, 0.1) is 17.6 Å². The van der Waals surface area contributed by atoms with Crippen molar-refractivity contribution in [3.63, 3.8) is 0 Å². The average Bonchev–Trinajstić information content (AvgIpc) is 3.12. The zero-order chi connectivity index (χ0) is 23.8. The second kappa shape index (κ2) is 9.05. The van der Waals surface area contributed by atoms with Gasteiger partial charge in [-0.3, -0.25) is 4.79 Å². The highest BCUT2D eigenvalue weighted by atomic mass is 35.5. The third-order valence-electron chi connectivity index (χ3n) is 5.95. The van der Waals surface area contributed by atoms with Crippen LogP contribution in [-0.2, 0) is 6.54 Å². The monoisotopic (exact) mass is 488 g/mol. The normalized spacial score (nSPS) is 11.3. The summed E-state index contributed by atoms with van der Waals surface area (Å²) in [4.78, 5) is 12.3. The maximum Gasteiger partial charge on any atom is 0.249 e. The van der Waals surface area contributed by atoms with Crippen LogP contribution in [0.2, 0.25) is 10.0 Å². The van der Waals surface area contributed by atoms with Crippen LogP contribution in [0, 0.1) is 0 Å². The zero-order valence-corrected chi connectivity index (χ0v) is 20.0. The Labute approximate surface area is 207 Å². The Hall–Kier alpha value is -3.47. The van der Waals surface area contributed by atoms with Crippen LogP contribution in [0.25, 0.3) is 32.9 Å². The lowest BCUT2D eigenvalue weighted by Gasteiger charge is -2.11. The number of amides is 1. The molecular weight excluding hydrogens is 467 g/mol. The smallest absolute Gasteiger partial charge is 0.249 e. The van der Waals surface area contributed by atoms with Crippen molar-refractivity contribution in [1.29, 1.82) is 0 Å². The van der Waals surface area contributed by atoms with Crippen LogP contribution in [-0.4, -0.2) is 17.1 Å². The van der Waals surface area contributed by atoms with E-state index in [9.17, 15) is 4.79 Å². The fourth-order valence-electron chi connectivity index (χ4n) is 4.49. The topological polar surface area (TPSA) is 57.2 Å². The van der Waals surface area contributed by atoms with Gasteiger partial charge in [-0.05, 0) is 60.5 Å². The van der Waals surface area contributed by atoms with Crippen molar-refractivity contribution in [2.75, 3.05) is 6.61 Å². The lowest BCUT2D eigenvalue weighted by molar-refractivity contribution is 0.100. The van der Waals surface area contributed by atoms with Crippen molar-refractivity contribution in [2.45, 2.75) is 13.5 Å². The summed E-state index contributed by atoms with van der Waals surface area (Å²) in [6.45, 7) is 3.17. The van der Waals surface area contributed by atoms with Crippen molar-refractivity contribution in [3.8, 4) is 16.9 Å². The van der Waals surface area contributed by atoms with Gasteiger partial charge >= 0.3 is 0 Å². The standard InChI is InChI=1S/C28H22Cl2N2O2/c1-2-34-20-6-3-5-17(13-20)16-32-25-8-4-7-23(28(31)33)27(25)22-11-9-18(14-26(22)32)21-12-10-19(29)15-24(21)30/h3-15H,2,16H2,1H3,(H2,31,33). The SMILES string of the molecule is CCOc1cccc(Cn2c3cc(-c4ccc(Cl)cc4Cl)ccc3c3c(C(N)=O)cccc32)c1. The van der Waals surface area contributed by atoms with E-state index in [1.165, 1.54) is 0 Å². The minimum atomic E-state index is -0.451. The Morgan fingerprint density at radius 2 is 1.76 bits per heavy atom. The number of rotatable bonds is 6. The number of nitrogens with two attached hydrogens (primary N) is 1. The summed E-state index contributed by atoms with van der Waals surface area (Å²) in [5.41, 5.74) is 11.1. The van der Waals surface area contributed by atoms with Gasteiger partial charge in [-0.25, -0.2) is 0 Å². The molecule has 0 aliphatic heterocycles. The average molecular weight is 489 g/mol. The van der Waals surface area contributed by atoms with Crippen LogP contribution >= 0.6 is 23.2 Å². The van der Waals surface area contributed by atoms with Crippen LogP contribution in [0.1, 0.15) is 22.8 Å². The molecule has 0 aliphatic rings. The molecule has 4 aromatic carbocycles. The number of hydrogen-bond donors (Lipinski definition) is 1. The Morgan fingerprint density at radius 3 is 2.53 bits per heavy atom. The Morgan fingerprint density at radius 1 is 0.941 bits per heavy atom. The number of primary amides is 1. The van der Waals surface area contributed by atoms with Crippen molar-refractivity contribution in [1.82, 2.24) is 4.57 Å². The van der Waals surface area contributed by atoms with Gasteiger partial charge in [0.25, 0.3) is 0 Å². The summed E-state index contributed by atoms with van der Waals surface area (Å²) in [6, 6.07) is 25.3. The molecule has 1 heterocycles. The van der Waals surface area contributed by atoms with Crippen LogP contribution in [0.3, 0.4) is 0 Å².